The smallest absolute Gasteiger partial charge is 0.428 e. The fraction of sp³-hybridized carbons (Fsp3) is 0.469. The largest absolute Gasteiger partial charge is 0.442 e. The highest BCUT2D eigenvalue weighted by molar-refractivity contribution is 6.65. The number of ether oxygens (including phenoxy) is 1. The molecule has 9 nitrogen and oxygen atoms in total. The summed E-state index contributed by atoms with van der Waals surface area (Å²) in [6.45, 7) is 18.7. The van der Waals surface area contributed by atoms with Crippen LogP contribution in [0.25, 0.3) is 27.2 Å². The first-order valence-electron chi connectivity index (χ1n) is 20.8. The van der Waals surface area contributed by atoms with E-state index in [1.165, 1.54) is 27.9 Å². The Morgan fingerprint density at radius 3 is 1.86 bits per heavy atom. The Bertz CT molecular complexity index is 2540. The fourth-order valence-corrected chi connectivity index (χ4v) is 11.0. The zero-order valence-electron chi connectivity index (χ0n) is 36.4. The van der Waals surface area contributed by atoms with E-state index in [0.29, 0.717) is 5.92 Å². The molecule has 1 heterocycles. The molecule has 4 aromatic carbocycles. The lowest BCUT2D eigenvalue weighted by Crippen LogP contribution is -2.37. The molecule has 3 saturated carbocycles. The monoisotopic (exact) mass is 818 g/mol. The Kier molecular flexibility index (Phi) is 10.5. The summed E-state index contributed by atoms with van der Waals surface area (Å²) in [7, 11) is 3.70. The second-order valence-corrected chi connectivity index (χ2v) is 20.0. The minimum Gasteiger partial charge on any atom is -0.442 e. The normalized spacial score (nSPS) is 25.5. The molecule has 9 rings (SSSR count). The third-order valence-corrected chi connectivity index (χ3v) is 15.1. The van der Waals surface area contributed by atoms with Crippen LogP contribution in [-0.4, -0.2) is 44.1 Å². The maximum Gasteiger partial charge on any atom is 0.428 e. The van der Waals surface area contributed by atoms with Crippen molar-refractivity contribution in [3.63, 3.8) is 0 Å². The van der Waals surface area contributed by atoms with Gasteiger partial charge in [-0.25, -0.2) is 14.5 Å². The first kappa shape index (κ1) is 42.2. The van der Waals surface area contributed by atoms with E-state index in [1.54, 1.807) is 7.05 Å². The van der Waals surface area contributed by atoms with Gasteiger partial charge < -0.3 is 4.74 Å². The summed E-state index contributed by atoms with van der Waals surface area (Å²) in [6, 6.07) is 28.6. The third-order valence-electron chi connectivity index (χ3n) is 14.9. The van der Waals surface area contributed by atoms with Crippen molar-refractivity contribution in [3.8, 4) is 5.69 Å². The first-order valence-corrected chi connectivity index (χ1v) is 21.2. The molecule has 4 aliphatic carbocycles. The molecule has 312 valence electrons. The van der Waals surface area contributed by atoms with Crippen molar-refractivity contribution in [2.45, 2.75) is 105 Å². The molecule has 0 saturated heterocycles. The summed E-state index contributed by atoms with van der Waals surface area (Å²) in [5.41, 5.74) is 6.67. The van der Waals surface area contributed by atoms with Crippen molar-refractivity contribution in [2.24, 2.45) is 35.1 Å². The van der Waals surface area contributed by atoms with Crippen LogP contribution in [-0.2, 0) is 26.8 Å². The van der Waals surface area contributed by atoms with Gasteiger partial charge in [0.1, 0.15) is 5.60 Å². The lowest BCUT2D eigenvalue weighted by molar-refractivity contribution is -0.135. The molecule has 1 unspecified atom stereocenters. The number of carbonyl (C=O) groups excluding carboxylic acids is 3. The van der Waals surface area contributed by atoms with Gasteiger partial charge in [0.25, 0.3) is 5.56 Å². The van der Waals surface area contributed by atoms with E-state index in [2.05, 4.69) is 88.2 Å². The minimum absolute atomic E-state index is 0.0683. The van der Waals surface area contributed by atoms with Gasteiger partial charge in [0.15, 0.2) is 5.78 Å². The number of carbonyl (C=O) groups is 3. The van der Waals surface area contributed by atoms with Crippen LogP contribution in [0.5, 0.6) is 0 Å². The third kappa shape index (κ3) is 6.87. The van der Waals surface area contributed by atoms with Crippen molar-refractivity contribution in [3.05, 3.63) is 107 Å². The average molecular weight is 819 g/mol. The molecule has 5 aromatic rings. The van der Waals surface area contributed by atoms with E-state index < -0.39 is 22.9 Å². The van der Waals surface area contributed by atoms with E-state index in [0.717, 1.165) is 47.0 Å². The second-order valence-electron chi connectivity index (χ2n) is 19.6. The predicted octanol–water partition coefficient (Wildman–Crippen LogP) is 10.9. The number of hydrazine groups is 1. The summed E-state index contributed by atoms with van der Waals surface area (Å²) in [5, 5.41) is 5.54. The SMILES string of the molecule is CC1(C)[C@H]2CC[C@]1(C)C(=O)C2C(=O)Cl.CN(Nc1ccc2ccccc2c1)C(=O)OC(C)(C)C.Cn1c2c(c(=O)n1-c1ccc3ccccc3c1)[C@@H]1CC[C@@]2(C)C1(C)C. The Morgan fingerprint density at radius 2 is 1.34 bits per heavy atom. The van der Waals surface area contributed by atoms with Crippen molar-refractivity contribution in [1.29, 1.82) is 0 Å². The molecule has 0 spiro atoms. The van der Waals surface area contributed by atoms with Crippen molar-refractivity contribution in [2.75, 3.05) is 12.5 Å². The number of nitrogens with one attached hydrogen (secondary N) is 1. The van der Waals surface area contributed by atoms with Gasteiger partial charge in [-0.1, -0.05) is 102 Å². The molecular formula is C49H59ClN4O5. The number of hydrogen-bond donors (Lipinski definition) is 1. The van der Waals surface area contributed by atoms with E-state index in [1.807, 2.05) is 80.9 Å². The van der Waals surface area contributed by atoms with Crippen LogP contribution in [0.1, 0.15) is 105 Å². The second kappa shape index (κ2) is 14.7. The number of amides is 1. The molecule has 0 aliphatic heterocycles. The summed E-state index contributed by atoms with van der Waals surface area (Å²) in [5.74, 6) is 0.0714. The maximum atomic E-state index is 13.4. The van der Waals surface area contributed by atoms with Crippen molar-refractivity contribution in [1.82, 2.24) is 14.4 Å². The molecule has 5 atom stereocenters. The molecule has 1 N–H and O–H groups in total. The van der Waals surface area contributed by atoms with Gasteiger partial charge in [-0.15, -0.1) is 0 Å². The number of hydrogen-bond acceptors (Lipinski definition) is 6. The highest BCUT2D eigenvalue weighted by atomic mass is 35.5. The molecule has 4 aliphatic rings. The van der Waals surface area contributed by atoms with Gasteiger partial charge in [-0.2, -0.15) is 0 Å². The lowest BCUT2D eigenvalue weighted by Gasteiger charge is -2.36. The molecule has 1 amide bonds. The molecule has 4 bridgehead atoms. The van der Waals surface area contributed by atoms with E-state index in [4.69, 9.17) is 16.3 Å². The summed E-state index contributed by atoms with van der Waals surface area (Å²) >= 11 is 5.50. The van der Waals surface area contributed by atoms with Crippen LogP contribution in [0, 0.1) is 28.1 Å². The molecule has 10 heteroatoms. The van der Waals surface area contributed by atoms with Gasteiger partial charge in [0.2, 0.25) is 5.24 Å². The van der Waals surface area contributed by atoms with Crippen LogP contribution < -0.4 is 11.0 Å². The number of nitrogens with zero attached hydrogens (tertiary/aromatic N) is 3. The lowest BCUT2D eigenvalue weighted by atomic mass is 9.70. The number of halogens is 1. The Morgan fingerprint density at radius 1 is 0.780 bits per heavy atom. The first-order chi connectivity index (χ1) is 27.5. The van der Waals surface area contributed by atoms with Gasteiger partial charge in [0.05, 0.1) is 23.0 Å². The summed E-state index contributed by atoms with van der Waals surface area (Å²) in [6.07, 6.45) is 3.76. The van der Waals surface area contributed by atoms with Crippen molar-refractivity contribution < 1.29 is 19.1 Å². The predicted molar refractivity (Wildman–Crippen MR) is 237 cm³/mol. The Labute approximate surface area is 353 Å². The zero-order chi connectivity index (χ0) is 43.0. The maximum absolute atomic E-state index is 13.4. The number of ketones is 1. The zero-order valence-corrected chi connectivity index (χ0v) is 37.2. The van der Waals surface area contributed by atoms with E-state index in [-0.39, 0.29) is 38.9 Å². The van der Waals surface area contributed by atoms with Crippen LogP contribution in [0.15, 0.2) is 89.7 Å². The minimum atomic E-state index is -0.537. The Balaban J connectivity index is 0.000000140. The summed E-state index contributed by atoms with van der Waals surface area (Å²) < 4.78 is 9.29. The standard InChI is InChI=1S/C22H24N2O.C16H20N2O2.C11H15ClO2/c1-21(2)17-11-12-22(21,3)19-18(17)20(25)24(23(19)4)16-10-9-14-7-5-6-8-15(14)13-16;1-16(2,3)20-15(19)18(4)17-14-10-9-12-7-5-6-8-13(12)11-14;1-10(2)6-4-5-11(10,3)8(13)7(6)9(12)14/h5-10,13,17H,11-12H2,1-4H3;5-11,17H,1-4H3;6-7H,4-5H2,1-3H3/t17-,22+;;6-,7?,11+/m0.0/s1. The van der Waals surface area contributed by atoms with Crippen LogP contribution in [0.2, 0.25) is 0 Å². The van der Waals surface area contributed by atoms with Gasteiger partial charge in [-0.3, -0.25) is 24.5 Å². The Hall–Kier alpha value is -4.89. The van der Waals surface area contributed by atoms with Gasteiger partial charge in [-0.05, 0) is 127 Å². The highest BCUT2D eigenvalue weighted by Gasteiger charge is 2.67. The van der Waals surface area contributed by atoms with Crippen molar-refractivity contribution >= 4 is 56.0 Å². The topological polar surface area (TPSA) is 103 Å². The number of rotatable bonds is 4. The highest BCUT2D eigenvalue weighted by Crippen LogP contribution is 2.67. The molecule has 0 radical (unpaired) electrons. The number of anilines is 1. The van der Waals surface area contributed by atoms with Gasteiger partial charge >= 0.3 is 6.09 Å². The number of aromatic nitrogens is 2. The summed E-state index contributed by atoms with van der Waals surface area (Å²) in [4.78, 5) is 48.5. The number of benzene rings is 4. The quantitative estimate of drug-likeness (QED) is 0.110. The molecule has 59 heavy (non-hydrogen) atoms. The van der Waals surface area contributed by atoms with Gasteiger partial charge in [0, 0.05) is 30.5 Å². The fourth-order valence-electron chi connectivity index (χ4n) is 10.8. The van der Waals surface area contributed by atoms with Crippen LogP contribution in [0.3, 0.4) is 0 Å². The van der Waals surface area contributed by atoms with E-state index in [9.17, 15) is 19.2 Å². The molecule has 1 aromatic heterocycles. The van der Waals surface area contributed by atoms with Crippen LogP contribution >= 0.6 is 11.6 Å². The number of fused-ring (bicyclic) bond motifs is 9. The molecule has 3 fully saturated rings. The average Bonchev–Trinajstić information content (AvgIpc) is 3.78. The molecular weight excluding hydrogens is 760 g/mol. The van der Waals surface area contributed by atoms with E-state index >= 15 is 0 Å². The number of Topliss-reactive ketones (excluding diaryl/α,β-unsaturated/α-hetero) is 1. The van der Waals surface area contributed by atoms with Crippen LogP contribution in [0.4, 0.5) is 10.5 Å².